The van der Waals surface area contributed by atoms with Gasteiger partial charge in [-0.05, 0) is 60.5 Å². The van der Waals surface area contributed by atoms with Crippen LogP contribution in [0.4, 0.5) is 0 Å². The van der Waals surface area contributed by atoms with Gasteiger partial charge in [0.05, 0.1) is 31.5 Å². The first kappa shape index (κ1) is 32.4. The van der Waals surface area contributed by atoms with E-state index < -0.39 is 36.8 Å². The maximum atomic E-state index is 15.6. The van der Waals surface area contributed by atoms with Crippen molar-refractivity contribution < 1.29 is 33.5 Å². The van der Waals surface area contributed by atoms with Gasteiger partial charge in [-0.1, -0.05) is 91.0 Å². The van der Waals surface area contributed by atoms with Crippen LogP contribution >= 0.6 is 7.14 Å². The zero-order valence-corrected chi connectivity index (χ0v) is 26.5. The lowest BCUT2D eigenvalue weighted by atomic mass is 9.97. The minimum Gasteiger partial charge on any atom is -0.497 e. The lowest BCUT2D eigenvalue weighted by Gasteiger charge is -2.32. The van der Waals surface area contributed by atoms with Crippen LogP contribution in [0.2, 0.25) is 0 Å². The second-order valence-corrected chi connectivity index (χ2v) is 13.7. The first-order chi connectivity index (χ1) is 22.3. The van der Waals surface area contributed by atoms with Gasteiger partial charge in [0, 0.05) is 16.2 Å². The van der Waals surface area contributed by atoms with E-state index in [-0.39, 0.29) is 12.0 Å². The number of ketones is 1. The molecule has 8 heteroatoms. The van der Waals surface area contributed by atoms with Gasteiger partial charge in [0.2, 0.25) is 0 Å². The summed E-state index contributed by atoms with van der Waals surface area (Å²) in [4.78, 5) is 27.9. The molecule has 5 rings (SSSR count). The average molecular weight is 635 g/mol. The van der Waals surface area contributed by atoms with Crippen molar-refractivity contribution in [2.24, 2.45) is 0 Å². The van der Waals surface area contributed by atoms with Gasteiger partial charge in [-0.15, -0.1) is 0 Å². The number of benzene rings is 5. The highest BCUT2D eigenvalue weighted by Gasteiger charge is 2.44. The average Bonchev–Trinajstić information content (AvgIpc) is 3.13. The summed E-state index contributed by atoms with van der Waals surface area (Å²) in [6.45, 7) is 0. The Balaban J connectivity index is 1.59. The monoisotopic (exact) mass is 634 g/mol. The Bertz CT molecular complexity index is 1730. The molecular weight excluding hydrogens is 599 g/mol. The molecule has 3 atom stereocenters. The summed E-state index contributed by atoms with van der Waals surface area (Å²) in [7, 11) is -0.692. The third kappa shape index (κ3) is 7.12. The molecule has 0 amide bonds. The predicted molar refractivity (Wildman–Crippen MR) is 179 cm³/mol. The minimum absolute atomic E-state index is 0.263. The second kappa shape index (κ2) is 14.9. The SMILES string of the molecule is COc1ccc(C(=O)O[C@@H](c2ccccc2)[C@@H](O)CC(C(=O)c2ccc(OC)cc2)P(=O)(c2ccccc2)c2ccccc2)cc1. The lowest BCUT2D eigenvalue weighted by Crippen LogP contribution is -2.37. The Morgan fingerprint density at radius 3 is 1.52 bits per heavy atom. The molecular formula is C38H35O7P. The number of aliphatic hydroxyl groups is 1. The van der Waals surface area contributed by atoms with E-state index >= 15 is 4.57 Å². The zero-order chi connectivity index (χ0) is 32.5. The summed E-state index contributed by atoms with van der Waals surface area (Å²) in [5.41, 5.74) is -0.0935. The quantitative estimate of drug-likeness (QED) is 0.0883. The van der Waals surface area contributed by atoms with Crippen LogP contribution in [0.1, 0.15) is 38.8 Å². The number of rotatable bonds is 13. The van der Waals surface area contributed by atoms with Gasteiger partial charge >= 0.3 is 5.97 Å². The standard InChI is InChI=1S/C38H35O7P/c1-43-30-22-18-27(19-23-30)36(40)35(46(42,32-14-8-4-9-15-32)33-16-10-5-11-17-33)26-34(39)37(28-12-6-3-7-13-28)45-38(41)29-20-24-31(44-2)25-21-29/h3-25,34-35,37,39H,26H2,1-2H3/t34-,35?,37-/m0/s1. The lowest BCUT2D eigenvalue weighted by molar-refractivity contribution is -0.0221. The summed E-state index contributed by atoms with van der Waals surface area (Å²) >= 11 is 0. The van der Waals surface area contributed by atoms with E-state index in [1.165, 1.54) is 14.2 Å². The number of hydrogen-bond acceptors (Lipinski definition) is 7. The highest BCUT2D eigenvalue weighted by Crippen LogP contribution is 2.52. The number of Topliss-reactive ketones (excluding diaryl/α,β-unsaturated/α-hetero) is 1. The fourth-order valence-electron chi connectivity index (χ4n) is 5.45. The van der Waals surface area contributed by atoms with Crippen LogP contribution in [-0.2, 0) is 9.30 Å². The minimum atomic E-state index is -3.76. The first-order valence-electron chi connectivity index (χ1n) is 14.8. The molecule has 1 N–H and O–H groups in total. The molecule has 0 spiro atoms. The van der Waals surface area contributed by atoms with Gasteiger partial charge in [0.25, 0.3) is 0 Å². The van der Waals surface area contributed by atoms with Crippen molar-refractivity contribution in [3.63, 3.8) is 0 Å². The van der Waals surface area contributed by atoms with Crippen LogP contribution in [0.15, 0.2) is 140 Å². The third-order valence-electron chi connectivity index (χ3n) is 7.90. The van der Waals surface area contributed by atoms with E-state index in [0.717, 1.165) is 0 Å². The molecule has 0 fully saturated rings. The van der Waals surface area contributed by atoms with E-state index in [1.54, 1.807) is 121 Å². The number of methoxy groups -OCH3 is 2. The highest BCUT2D eigenvalue weighted by molar-refractivity contribution is 7.80. The predicted octanol–water partition coefficient (Wildman–Crippen LogP) is 6.62. The van der Waals surface area contributed by atoms with Crippen LogP contribution in [0.5, 0.6) is 11.5 Å². The number of carbonyl (C=O) groups is 2. The Morgan fingerprint density at radius 1 is 0.630 bits per heavy atom. The molecule has 234 valence electrons. The first-order valence-corrected chi connectivity index (χ1v) is 16.6. The maximum absolute atomic E-state index is 15.6. The summed E-state index contributed by atoms with van der Waals surface area (Å²) in [5, 5.41) is 12.9. The summed E-state index contributed by atoms with van der Waals surface area (Å²) in [5.74, 6) is 0.0691. The Hall–Kier alpha value is -4.97. The van der Waals surface area contributed by atoms with Crippen LogP contribution < -0.4 is 20.1 Å². The second-order valence-electron chi connectivity index (χ2n) is 10.7. The van der Waals surface area contributed by atoms with E-state index in [4.69, 9.17) is 14.2 Å². The fourth-order valence-corrected chi connectivity index (χ4v) is 8.69. The van der Waals surface area contributed by atoms with E-state index in [1.807, 2.05) is 18.2 Å². The number of ether oxygens (including phenoxy) is 3. The van der Waals surface area contributed by atoms with E-state index in [9.17, 15) is 14.7 Å². The van der Waals surface area contributed by atoms with E-state index in [2.05, 4.69) is 0 Å². The molecule has 0 radical (unpaired) electrons. The summed E-state index contributed by atoms with van der Waals surface area (Å²) in [6, 6.07) is 39.6. The fraction of sp³-hybridized carbons (Fsp3) is 0.158. The molecule has 0 aliphatic carbocycles. The van der Waals surface area contributed by atoms with Gasteiger partial charge in [-0.2, -0.15) is 0 Å². The summed E-state index contributed by atoms with van der Waals surface area (Å²) < 4.78 is 32.0. The number of esters is 1. The molecule has 7 nitrogen and oxygen atoms in total. The van der Waals surface area contributed by atoms with Gasteiger partial charge < -0.3 is 23.9 Å². The smallest absolute Gasteiger partial charge is 0.338 e. The molecule has 0 saturated heterocycles. The largest absolute Gasteiger partial charge is 0.497 e. The zero-order valence-electron chi connectivity index (χ0n) is 25.6. The van der Waals surface area contributed by atoms with Gasteiger partial charge in [-0.25, -0.2) is 4.79 Å². The van der Waals surface area contributed by atoms with Crippen LogP contribution in [0.3, 0.4) is 0 Å². The van der Waals surface area contributed by atoms with Crippen molar-refractivity contribution in [1.82, 2.24) is 0 Å². The topological polar surface area (TPSA) is 99.1 Å². The highest BCUT2D eigenvalue weighted by atomic mass is 31.2. The molecule has 1 unspecified atom stereocenters. The van der Waals surface area contributed by atoms with Crippen molar-refractivity contribution in [3.05, 3.63) is 156 Å². The van der Waals surface area contributed by atoms with Crippen LogP contribution in [-0.4, -0.2) is 42.8 Å². The summed E-state index contributed by atoms with van der Waals surface area (Å²) in [6.07, 6.45) is -2.83. The number of carbonyl (C=O) groups excluding carboxylic acids is 2. The molecule has 0 bridgehead atoms. The van der Waals surface area contributed by atoms with Gasteiger partial charge in [-0.3, -0.25) is 4.79 Å². The molecule has 0 aliphatic heterocycles. The Labute approximate surface area is 268 Å². The Morgan fingerprint density at radius 2 is 1.07 bits per heavy atom. The van der Waals surface area contributed by atoms with E-state index in [0.29, 0.717) is 33.2 Å². The molecule has 5 aromatic rings. The molecule has 0 aliphatic rings. The van der Waals surface area contributed by atoms with Crippen LogP contribution in [0, 0.1) is 0 Å². The molecule has 0 aromatic heterocycles. The third-order valence-corrected chi connectivity index (χ3v) is 11.4. The maximum Gasteiger partial charge on any atom is 0.338 e. The van der Waals surface area contributed by atoms with Crippen molar-refractivity contribution in [1.29, 1.82) is 0 Å². The Kier molecular flexibility index (Phi) is 10.5. The molecule has 5 aromatic carbocycles. The van der Waals surface area contributed by atoms with Crippen molar-refractivity contribution in [2.45, 2.75) is 24.3 Å². The normalized spacial score (nSPS) is 13.2. The number of aliphatic hydroxyl groups excluding tert-OH is 1. The number of hydrogen-bond donors (Lipinski definition) is 1. The molecule has 46 heavy (non-hydrogen) atoms. The van der Waals surface area contributed by atoms with Crippen molar-refractivity contribution in [2.75, 3.05) is 14.2 Å². The van der Waals surface area contributed by atoms with Gasteiger partial charge in [0.1, 0.15) is 11.5 Å². The van der Waals surface area contributed by atoms with Gasteiger partial charge in [0.15, 0.2) is 19.0 Å². The van der Waals surface area contributed by atoms with Crippen molar-refractivity contribution in [3.8, 4) is 11.5 Å². The van der Waals surface area contributed by atoms with Crippen LogP contribution in [0.25, 0.3) is 0 Å². The van der Waals surface area contributed by atoms with Crippen molar-refractivity contribution >= 4 is 29.5 Å². The molecule has 0 saturated carbocycles. The molecule has 0 heterocycles.